The Morgan fingerprint density at radius 2 is 1.94 bits per heavy atom. The molecule has 2 atom stereocenters. The molecular formula is C12H18BrNO2S. The zero-order chi connectivity index (χ0) is 13.1. The van der Waals surface area contributed by atoms with Crippen molar-refractivity contribution in [1.29, 1.82) is 0 Å². The van der Waals surface area contributed by atoms with E-state index in [1.165, 1.54) is 0 Å². The van der Waals surface area contributed by atoms with Gasteiger partial charge in [-0.15, -0.1) is 0 Å². The first kappa shape index (κ1) is 14.7. The summed E-state index contributed by atoms with van der Waals surface area (Å²) in [6, 6.07) is 6.90. The number of sulfone groups is 1. The molecule has 3 nitrogen and oxygen atoms in total. The quantitative estimate of drug-likeness (QED) is 0.907. The molecule has 1 rings (SSSR count). The van der Waals surface area contributed by atoms with Gasteiger partial charge in [-0.3, -0.25) is 0 Å². The second-order valence-corrected chi connectivity index (χ2v) is 7.11. The van der Waals surface area contributed by atoms with E-state index in [1.54, 1.807) is 32.2 Å². The van der Waals surface area contributed by atoms with Gasteiger partial charge in [0.1, 0.15) is 0 Å². The summed E-state index contributed by atoms with van der Waals surface area (Å²) in [6.45, 7) is 3.73. The molecule has 2 unspecified atom stereocenters. The fourth-order valence-electron chi connectivity index (χ4n) is 1.86. The van der Waals surface area contributed by atoms with Crippen molar-refractivity contribution < 1.29 is 8.42 Å². The Kier molecular flexibility index (Phi) is 5.16. The Bertz CT molecular complexity index is 469. The average molecular weight is 320 g/mol. The molecule has 0 fully saturated rings. The zero-order valence-corrected chi connectivity index (χ0v) is 12.7. The van der Waals surface area contributed by atoms with Crippen LogP contribution < -0.4 is 5.32 Å². The minimum Gasteiger partial charge on any atom is -0.316 e. The van der Waals surface area contributed by atoms with Crippen molar-refractivity contribution in [3.8, 4) is 0 Å². The highest BCUT2D eigenvalue weighted by atomic mass is 79.9. The van der Waals surface area contributed by atoms with Gasteiger partial charge in [0.25, 0.3) is 0 Å². The third-order valence-corrected chi connectivity index (χ3v) is 6.24. The molecule has 0 aliphatic carbocycles. The summed E-state index contributed by atoms with van der Waals surface area (Å²) in [5.74, 6) is 0. The molecule has 0 heterocycles. The largest absolute Gasteiger partial charge is 0.316 e. The molecule has 1 aromatic carbocycles. The van der Waals surface area contributed by atoms with Crippen LogP contribution in [0.3, 0.4) is 0 Å². The summed E-state index contributed by atoms with van der Waals surface area (Å²) in [6.07, 6.45) is 0.779. The van der Waals surface area contributed by atoms with E-state index in [4.69, 9.17) is 0 Å². The van der Waals surface area contributed by atoms with Gasteiger partial charge in [-0.25, -0.2) is 8.42 Å². The molecule has 0 amide bonds. The van der Waals surface area contributed by atoms with E-state index >= 15 is 0 Å². The molecule has 17 heavy (non-hydrogen) atoms. The lowest BCUT2D eigenvalue weighted by Gasteiger charge is -2.22. The van der Waals surface area contributed by atoms with Gasteiger partial charge >= 0.3 is 0 Å². The predicted molar refractivity (Wildman–Crippen MR) is 73.9 cm³/mol. The molecule has 0 aromatic heterocycles. The summed E-state index contributed by atoms with van der Waals surface area (Å²) in [7, 11) is -1.51. The van der Waals surface area contributed by atoms with Crippen LogP contribution in [0.4, 0.5) is 0 Å². The van der Waals surface area contributed by atoms with Crippen LogP contribution in [0.1, 0.15) is 20.3 Å². The van der Waals surface area contributed by atoms with Gasteiger partial charge in [-0.05, 0) is 48.5 Å². The fourth-order valence-corrected chi connectivity index (χ4v) is 4.59. The monoisotopic (exact) mass is 319 g/mol. The lowest BCUT2D eigenvalue weighted by atomic mass is 10.2. The van der Waals surface area contributed by atoms with Gasteiger partial charge in [0, 0.05) is 10.5 Å². The van der Waals surface area contributed by atoms with Crippen LogP contribution in [-0.4, -0.2) is 26.8 Å². The molecule has 0 saturated carbocycles. The van der Waals surface area contributed by atoms with E-state index in [1.807, 2.05) is 13.0 Å². The van der Waals surface area contributed by atoms with E-state index in [9.17, 15) is 8.42 Å². The van der Waals surface area contributed by atoms with E-state index in [2.05, 4.69) is 21.2 Å². The van der Waals surface area contributed by atoms with Crippen LogP contribution >= 0.6 is 15.9 Å². The average Bonchev–Trinajstić information content (AvgIpc) is 2.30. The van der Waals surface area contributed by atoms with E-state index in [0.717, 1.165) is 6.42 Å². The van der Waals surface area contributed by atoms with Crippen molar-refractivity contribution in [2.45, 2.75) is 36.5 Å². The van der Waals surface area contributed by atoms with Gasteiger partial charge in [-0.1, -0.05) is 19.1 Å². The minimum atomic E-state index is -3.30. The summed E-state index contributed by atoms with van der Waals surface area (Å²) >= 11 is 3.29. The Balaban J connectivity index is 3.16. The third-order valence-electron chi connectivity index (χ3n) is 3.01. The second kappa shape index (κ2) is 5.98. The van der Waals surface area contributed by atoms with Crippen LogP contribution in [0.25, 0.3) is 0 Å². The Morgan fingerprint density at radius 1 is 1.35 bits per heavy atom. The molecule has 0 bridgehead atoms. The molecule has 96 valence electrons. The normalized spacial score (nSPS) is 15.5. The number of rotatable bonds is 5. The first-order valence-corrected chi connectivity index (χ1v) is 7.94. The van der Waals surface area contributed by atoms with Crippen LogP contribution in [0, 0.1) is 0 Å². The Hall–Kier alpha value is -0.390. The van der Waals surface area contributed by atoms with Crippen LogP contribution in [0.5, 0.6) is 0 Å². The van der Waals surface area contributed by atoms with Crippen molar-refractivity contribution in [2.75, 3.05) is 7.05 Å². The van der Waals surface area contributed by atoms with E-state index < -0.39 is 15.1 Å². The number of hydrogen-bond donors (Lipinski definition) is 1. The third kappa shape index (κ3) is 3.09. The minimum absolute atomic E-state index is 0.0351. The zero-order valence-electron chi connectivity index (χ0n) is 10.3. The van der Waals surface area contributed by atoms with Crippen molar-refractivity contribution in [2.24, 2.45) is 0 Å². The first-order chi connectivity index (χ1) is 7.95. The van der Waals surface area contributed by atoms with Crippen LogP contribution in [0.2, 0.25) is 0 Å². The van der Waals surface area contributed by atoms with Crippen molar-refractivity contribution in [1.82, 2.24) is 5.32 Å². The first-order valence-electron chi connectivity index (χ1n) is 5.60. The smallest absolute Gasteiger partial charge is 0.183 e. The number of halogens is 1. The maximum Gasteiger partial charge on any atom is 0.183 e. The maximum atomic E-state index is 12.4. The second-order valence-electron chi connectivity index (χ2n) is 3.98. The molecule has 0 radical (unpaired) electrons. The molecule has 0 saturated heterocycles. The number of nitrogens with one attached hydrogen (secondary N) is 1. The van der Waals surface area contributed by atoms with Crippen molar-refractivity contribution >= 4 is 25.8 Å². The number of benzene rings is 1. The highest BCUT2D eigenvalue weighted by molar-refractivity contribution is 9.10. The Morgan fingerprint density at radius 3 is 2.41 bits per heavy atom. The highest BCUT2D eigenvalue weighted by Crippen LogP contribution is 2.26. The molecule has 1 N–H and O–H groups in total. The van der Waals surface area contributed by atoms with Gasteiger partial charge in [0.05, 0.1) is 10.1 Å². The summed E-state index contributed by atoms with van der Waals surface area (Å²) < 4.78 is 25.5. The number of hydrogen-bond acceptors (Lipinski definition) is 3. The fraction of sp³-hybridized carbons (Fsp3) is 0.500. The van der Waals surface area contributed by atoms with E-state index in [-0.39, 0.29) is 6.04 Å². The van der Waals surface area contributed by atoms with Crippen molar-refractivity contribution in [3.05, 3.63) is 28.7 Å². The van der Waals surface area contributed by atoms with Gasteiger partial charge in [-0.2, -0.15) is 0 Å². The van der Waals surface area contributed by atoms with Crippen LogP contribution in [-0.2, 0) is 9.84 Å². The summed E-state index contributed by atoms with van der Waals surface area (Å²) in [5, 5.41) is 2.60. The molecule has 0 spiro atoms. The maximum absolute atomic E-state index is 12.4. The summed E-state index contributed by atoms with van der Waals surface area (Å²) in [5.41, 5.74) is 0. The van der Waals surface area contributed by atoms with Gasteiger partial charge < -0.3 is 5.32 Å². The van der Waals surface area contributed by atoms with Gasteiger partial charge in [0.2, 0.25) is 0 Å². The van der Waals surface area contributed by atoms with Crippen LogP contribution in [0.15, 0.2) is 33.6 Å². The molecule has 1 aromatic rings. The SMILES string of the molecule is CCC(NC)C(C)S(=O)(=O)c1ccccc1Br. The molecule has 5 heteroatoms. The van der Waals surface area contributed by atoms with Gasteiger partial charge in [0.15, 0.2) is 9.84 Å². The van der Waals surface area contributed by atoms with E-state index in [0.29, 0.717) is 9.37 Å². The standard InChI is InChI=1S/C12H18BrNO2S/c1-4-11(14-3)9(2)17(15,16)12-8-6-5-7-10(12)13/h5-9,11,14H,4H2,1-3H3. The predicted octanol–water partition coefficient (Wildman–Crippen LogP) is 2.61. The summed E-state index contributed by atoms with van der Waals surface area (Å²) in [4.78, 5) is 0.362. The lowest BCUT2D eigenvalue weighted by molar-refractivity contribution is 0.504. The van der Waals surface area contributed by atoms with Crippen molar-refractivity contribution in [3.63, 3.8) is 0 Å². The topological polar surface area (TPSA) is 46.2 Å². The molecule has 0 aliphatic heterocycles. The highest BCUT2D eigenvalue weighted by Gasteiger charge is 2.30. The molecular weight excluding hydrogens is 302 g/mol. The lowest BCUT2D eigenvalue weighted by Crippen LogP contribution is -2.40. The molecule has 0 aliphatic rings. The Labute approximate surface area is 112 Å².